The number of hydrogen-bond acceptors (Lipinski definition) is 5. The molecular weight excluding hydrogens is 523 g/mol. The molecule has 2 N–H and O–H groups in total. The molecule has 0 amide bonds. The van der Waals surface area contributed by atoms with Crippen LogP contribution in [0.1, 0.15) is 45.7 Å². The molecule has 212 valence electrons. The number of fused-ring (bicyclic) bond motifs is 2. The molecule has 1 atom stereocenters. The normalized spacial score (nSPS) is 18.2. The van der Waals surface area contributed by atoms with Gasteiger partial charge in [0, 0.05) is 16.6 Å². The van der Waals surface area contributed by atoms with Crippen LogP contribution in [0, 0.1) is 0 Å². The maximum Gasteiger partial charge on any atom is 0.498 e. The summed E-state index contributed by atoms with van der Waals surface area (Å²) in [4.78, 5) is 12.2. The van der Waals surface area contributed by atoms with Gasteiger partial charge in [-0.05, 0) is 52.8 Å². The van der Waals surface area contributed by atoms with Crippen LogP contribution < -0.4 is 20.8 Å². The SMILES string of the molecule is CC(N=C(N=C(N)c1ccccc1)c1ccccc1)N1c2ccccc2Oc2c(B3OC(C)(C)C(C)(C)O3)cccc21. The number of para-hydroxylation sites is 3. The molecule has 1 saturated heterocycles. The summed E-state index contributed by atoms with van der Waals surface area (Å²) in [6.07, 6.45) is -0.370. The fourth-order valence-corrected chi connectivity index (χ4v) is 5.16. The highest BCUT2D eigenvalue weighted by atomic mass is 16.7. The average Bonchev–Trinajstić information content (AvgIpc) is 3.21. The number of nitrogens with two attached hydrogens (primary N) is 1. The van der Waals surface area contributed by atoms with Gasteiger partial charge in [-0.1, -0.05) is 84.9 Å². The van der Waals surface area contributed by atoms with Crippen molar-refractivity contribution in [3.05, 3.63) is 114 Å². The lowest BCUT2D eigenvalue weighted by Gasteiger charge is -2.36. The fraction of sp³-hybridized carbons (Fsp3) is 0.235. The molecule has 2 aliphatic rings. The molecular formula is C34H35BN4O3. The number of aliphatic imine (C=N–C) groups is 2. The lowest BCUT2D eigenvalue weighted by Crippen LogP contribution is -2.41. The van der Waals surface area contributed by atoms with E-state index in [2.05, 4.69) is 32.6 Å². The van der Waals surface area contributed by atoms with Crippen LogP contribution in [-0.4, -0.2) is 36.2 Å². The first kappa shape index (κ1) is 27.8. The second-order valence-corrected chi connectivity index (χ2v) is 11.5. The third kappa shape index (κ3) is 5.08. The highest BCUT2D eigenvalue weighted by molar-refractivity contribution is 6.63. The van der Waals surface area contributed by atoms with Gasteiger partial charge in [-0.25, -0.2) is 9.98 Å². The van der Waals surface area contributed by atoms with Gasteiger partial charge in [0.05, 0.1) is 22.6 Å². The predicted octanol–water partition coefficient (Wildman–Crippen LogP) is 6.43. The number of amidine groups is 2. The minimum Gasteiger partial charge on any atom is -0.453 e. The van der Waals surface area contributed by atoms with Crippen LogP contribution in [0.2, 0.25) is 0 Å². The monoisotopic (exact) mass is 558 g/mol. The molecule has 2 aliphatic heterocycles. The lowest BCUT2D eigenvalue weighted by atomic mass is 9.77. The Labute approximate surface area is 247 Å². The highest BCUT2D eigenvalue weighted by Gasteiger charge is 2.53. The zero-order valence-electron chi connectivity index (χ0n) is 24.6. The van der Waals surface area contributed by atoms with Gasteiger partial charge in [-0.3, -0.25) is 0 Å². The molecule has 7 nitrogen and oxygen atoms in total. The molecule has 0 spiro atoms. The van der Waals surface area contributed by atoms with Gasteiger partial charge in [0.2, 0.25) is 0 Å². The van der Waals surface area contributed by atoms with Crippen molar-refractivity contribution in [2.75, 3.05) is 4.90 Å². The number of benzene rings is 4. The molecule has 0 radical (unpaired) electrons. The van der Waals surface area contributed by atoms with E-state index in [0.717, 1.165) is 33.7 Å². The smallest absolute Gasteiger partial charge is 0.453 e. The minimum absolute atomic E-state index is 0.370. The summed E-state index contributed by atoms with van der Waals surface area (Å²) in [6, 6.07) is 33.6. The first-order valence-electron chi connectivity index (χ1n) is 14.2. The number of ether oxygens (including phenoxy) is 1. The van der Waals surface area contributed by atoms with Crippen LogP contribution in [0.4, 0.5) is 11.4 Å². The Morgan fingerprint density at radius 3 is 1.98 bits per heavy atom. The summed E-state index contributed by atoms with van der Waals surface area (Å²) in [5.41, 5.74) is 9.83. The van der Waals surface area contributed by atoms with Gasteiger partial charge in [0.1, 0.15) is 12.0 Å². The van der Waals surface area contributed by atoms with Crippen molar-refractivity contribution in [2.45, 2.75) is 52.0 Å². The van der Waals surface area contributed by atoms with Crippen molar-refractivity contribution < 1.29 is 14.0 Å². The second kappa shape index (κ2) is 10.8. The first-order valence-corrected chi connectivity index (χ1v) is 14.2. The number of hydrogen-bond donors (Lipinski definition) is 1. The van der Waals surface area contributed by atoms with E-state index in [1.54, 1.807) is 0 Å². The Morgan fingerprint density at radius 2 is 1.31 bits per heavy atom. The number of anilines is 2. The Balaban J connectivity index is 1.46. The number of nitrogens with zero attached hydrogens (tertiary/aromatic N) is 3. The van der Waals surface area contributed by atoms with Crippen LogP contribution in [0.15, 0.2) is 113 Å². The Hall–Kier alpha value is -4.40. The largest absolute Gasteiger partial charge is 0.498 e. The zero-order valence-corrected chi connectivity index (χ0v) is 24.6. The average molecular weight is 558 g/mol. The van der Waals surface area contributed by atoms with Crippen LogP contribution in [0.3, 0.4) is 0 Å². The molecule has 4 aromatic rings. The van der Waals surface area contributed by atoms with Crippen molar-refractivity contribution in [3.63, 3.8) is 0 Å². The van der Waals surface area contributed by atoms with Gasteiger partial charge in [0.15, 0.2) is 17.3 Å². The Morgan fingerprint density at radius 1 is 0.738 bits per heavy atom. The summed E-state index contributed by atoms with van der Waals surface area (Å²) < 4.78 is 19.4. The van der Waals surface area contributed by atoms with Gasteiger partial charge in [-0.2, -0.15) is 0 Å². The molecule has 4 aromatic carbocycles. The predicted molar refractivity (Wildman–Crippen MR) is 170 cm³/mol. The van der Waals surface area contributed by atoms with Crippen molar-refractivity contribution in [2.24, 2.45) is 15.7 Å². The van der Waals surface area contributed by atoms with Crippen LogP contribution >= 0.6 is 0 Å². The summed E-state index contributed by atoms with van der Waals surface area (Å²) in [5, 5.41) is 0. The Kier molecular flexibility index (Phi) is 7.13. The standard InChI is InChI=1S/C34H35BN4O3/c1-23(37-32(25-17-10-7-11-18-25)38-31(36)24-15-8-6-9-16-24)39-27-20-12-13-22-29(27)40-30-26(19-14-21-28(30)39)35-41-33(2,3)34(4,5)42-35/h6-23H,1-5H3,(H2,36,37,38). The molecule has 1 fully saturated rings. The van der Waals surface area contributed by atoms with E-state index < -0.39 is 18.3 Å². The first-order chi connectivity index (χ1) is 20.1. The molecule has 8 heteroatoms. The van der Waals surface area contributed by atoms with Crippen molar-refractivity contribution in [1.29, 1.82) is 0 Å². The van der Waals surface area contributed by atoms with Crippen LogP contribution in [0.5, 0.6) is 11.5 Å². The highest BCUT2D eigenvalue weighted by Crippen LogP contribution is 2.48. The third-order valence-corrected chi connectivity index (χ3v) is 8.14. The molecule has 0 bridgehead atoms. The van der Waals surface area contributed by atoms with Crippen molar-refractivity contribution in [1.82, 2.24) is 0 Å². The second-order valence-electron chi connectivity index (χ2n) is 11.5. The van der Waals surface area contributed by atoms with Gasteiger partial charge < -0.3 is 24.7 Å². The van der Waals surface area contributed by atoms with E-state index in [0.29, 0.717) is 17.4 Å². The van der Waals surface area contributed by atoms with E-state index in [4.69, 9.17) is 29.8 Å². The van der Waals surface area contributed by atoms with Crippen molar-refractivity contribution in [3.8, 4) is 11.5 Å². The van der Waals surface area contributed by atoms with E-state index >= 15 is 0 Å². The van der Waals surface area contributed by atoms with E-state index in [1.807, 2.05) is 110 Å². The van der Waals surface area contributed by atoms with Crippen LogP contribution in [0.25, 0.3) is 0 Å². The molecule has 0 aliphatic carbocycles. The molecule has 42 heavy (non-hydrogen) atoms. The zero-order chi connectivity index (χ0) is 29.5. The van der Waals surface area contributed by atoms with E-state index in [1.165, 1.54) is 0 Å². The summed E-state index contributed by atoms with van der Waals surface area (Å²) >= 11 is 0. The van der Waals surface area contributed by atoms with E-state index in [9.17, 15) is 0 Å². The maximum absolute atomic E-state index is 6.55. The van der Waals surface area contributed by atoms with Gasteiger partial charge in [-0.15, -0.1) is 0 Å². The number of rotatable bonds is 5. The van der Waals surface area contributed by atoms with E-state index in [-0.39, 0.29) is 6.17 Å². The fourth-order valence-electron chi connectivity index (χ4n) is 5.16. The molecule has 6 rings (SSSR count). The third-order valence-electron chi connectivity index (χ3n) is 8.14. The van der Waals surface area contributed by atoms with Gasteiger partial charge in [0.25, 0.3) is 0 Å². The summed E-state index contributed by atoms with van der Waals surface area (Å²) in [7, 11) is -0.578. The summed E-state index contributed by atoms with van der Waals surface area (Å²) in [5.74, 6) is 2.35. The lowest BCUT2D eigenvalue weighted by molar-refractivity contribution is 0.00578. The van der Waals surface area contributed by atoms with Crippen molar-refractivity contribution >= 4 is 35.6 Å². The topological polar surface area (TPSA) is 81.7 Å². The molecule has 2 heterocycles. The molecule has 0 aromatic heterocycles. The quantitative estimate of drug-likeness (QED) is 0.174. The summed E-state index contributed by atoms with van der Waals surface area (Å²) in [6.45, 7) is 10.2. The molecule has 1 unspecified atom stereocenters. The minimum atomic E-state index is -0.578. The molecule has 0 saturated carbocycles. The maximum atomic E-state index is 6.55. The Bertz CT molecular complexity index is 1640. The van der Waals surface area contributed by atoms with Crippen LogP contribution in [-0.2, 0) is 9.31 Å². The van der Waals surface area contributed by atoms with Gasteiger partial charge >= 0.3 is 7.12 Å².